The van der Waals surface area contributed by atoms with Gasteiger partial charge >= 0.3 is 6.03 Å². The van der Waals surface area contributed by atoms with Gasteiger partial charge in [0.2, 0.25) is 15.9 Å². The van der Waals surface area contributed by atoms with Gasteiger partial charge in [-0.25, -0.2) is 13.2 Å². The summed E-state index contributed by atoms with van der Waals surface area (Å²) in [5, 5.41) is 8.95. The average molecular weight is 385 g/mol. The molecule has 0 unspecified atom stereocenters. The number of aryl methyl sites for hydroxylation is 1. The van der Waals surface area contributed by atoms with Crippen molar-refractivity contribution < 1.29 is 18.0 Å². The number of nitrogens with zero attached hydrogens (tertiary/aromatic N) is 3. The predicted octanol–water partition coefficient (Wildman–Crippen LogP) is 0.910. The first kappa shape index (κ1) is 20.4. The van der Waals surface area contributed by atoms with E-state index in [4.69, 9.17) is 0 Å². The van der Waals surface area contributed by atoms with Crippen molar-refractivity contribution in [2.24, 2.45) is 0 Å². The van der Waals surface area contributed by atoms with Gasteiger partial charge in [0, 0.05) is 19.6 Å². The predicted molar refractivity (Wildman–Crippen MR) is 96.1 cm³/mol. The Bertz CT molecular complexity index is 766. The van der Waals surface area contributed by atoms with Gasteiger partial charge in [-0.1, -0.05) is 13.3 Å². The molecule has 2 rings (SSSR count). The highest BCUT2D eigenvalue weighted by Gasteiger charge is 2.32. The van der Waals surface area contributed by atoms with E-state index in [1.807, 2.05) is 6.92 Å². The van der Waals surface area contributed by atoms with Crippen molar-refractivity contribution in [2.75, 3.05) is 19.6 Å². The number of rotatable bonds is 6. The maximum atomic E-state index is 12.9. The molecule has 0 atom stereocenters. The Morgan fingerprint density at radius 3 is 2.42 bits per heavy atom. The molecule has 1 fully saturated rings. The van der Waals surface area contributed by atoms with Gasteiger partial charge in [0.15, 0.2) is 0 Å². The summed E-state index contributed by atoms with van der Waals surface area (Å²) in [7, 11) is -3.63. The number of sulfonamides is 1. The zero-order chi connectivity index (χ0) is 19.3. The van der Waals surface area contributed by atoms with Crippen LogP contribution in [-0.2, 0) is 21.4 Å². The van der Waals surface area contributed by atoms with Crippen molar-refractivity contribution in [1.82, 2.24) is 24.7 Å². The van der Waals surface area contributed by atoms with Crippen LogP contribution in [0.4, 0.5) is 4.79 Å². The molecule has 2 heterocycles. The minimum absolute atomic E-state index is 0.155. The molecular weight excluding hydrogens is 358 g/mol. The summed E-state index contributed by atoms with van der Waals surface area (Å²) in [5.74, 6) is -0.550. The smallest absolute Gasteiger partial charge is 0.321 e. The van der Waals surface area contributed by atoms with Gasteiger partial charge in [-0.2, -0.15) is 9.40 Å². The summed E-state index contributed by atoms with van der Waals surface area (Å²) in [6, 6.07) is -0.570. The SMILES string of the molecule is CCCNC(=O)NC(=O)Cn1nc(C)c(S(=O)(=O)N2CCCCC2)c1C. The number of nitrogens with one attached hydrogen (secondary N) is 2. The normalized spacial score (nSPS) is 15.7. The molecule has 10 heteroatoms. The Balaban J connectivity index is 2.14. The second-order valence-electron chi connectivity index (χ2n) is 6.43. The number of urea groups is 1. The molecule has 0 radical (unpaired) electrons. The van der Waals surface area contributed by atoms with Gasteiger partial charge in [-0.3, -0.25) is 14.8 Å². The lowest BCUT2D eigenvalue weighted by molar-refractivity contribution is -0.120. The summed E-state index contributed by atoms with van der Waals surface area (Å²) in [6.45, 7) is 6.41. The van der Waals surface area contributed by atoms with Gasteiger partial charge in [0.25, 0.3) is 0 Å². The minimum atomic E-state index is -3.63. The highest BCUT2D eigenvalue weighted by Crippen LogP contribution is 2.25. The molecule has 1 saturated heterocycles. The van der Waals surface area contributed by atoms with Gasteiger partial charge in [-0.05, 0) is 33.1 Å². The molecular formula is C16H27N5O4S. The van der Waals surface area contributed by atoms with Crippen LogP contribution in [-0.4, -0.2) is 54.1 Å². The van der Waals surface area contributed by atoms with Crippen LogP contribution < -0.4 is 10.6 Å². The molecule has 1 aliphatic rings. The maximum absolute atomic E-state index is 12.9. The standard InChI is InChI=1S/C16H27N5O4S/c1-4-8-17-16(23)18-14(22)11-21-13(3)15(12(2)19-21)26(24,25)20-9-6-5-7-10-20/h4-11H2,1-3H3,(H2,17,18,22,23). The lowest BCUT2D eigenvalue weighted by Gasteiger charge is -2.25. The molecule has 26 heavy (non-hydrogen) atoms. The molecule has 1 aromatic heterocycles. The largest absolute Gasteiger partial charge is 0.338 e. The van der Waals surface area contributed by atoms with Crippen LogP contribution in [0.2, 0.25) is 0 Å². The summed E-state index contributed by atoms with van der Waals surface area (Å²) in [6.07, 6.45) is 3.49. The monoisotopic (exact) mass is 385 g/mol. The molecule has 146 valence electrons. The van der Waals surface area contributed by atoms with Gasteiger partial charge in [-0.15, -0.1) is 0 Å². The summed E-state index contributed by atoms with van der Waals surface area (Å²) in [4.78, 5) is 23.7. The summed E-state index contributed by atoms with van der Waals surface area (Å²) in [5.41, 5.74) is 0.758. The van der Waals surface area contributed by atoms with E-state index < -0.39 is 22.0 Å². The van der Waals surface area contributed by atoms with Crippen molar-refractivity contribution in [3.8, 4) is 0 Å². The van der Waals surface area contributed by atoms with Crippen molar-refractivity contribution in [2.45, 2.75) is 57.9 Å². The van der Waals surface area contributed by atoms with E-state index in [2.05, 4.69) is 15.7 Å². The first-order valence-corrected chi connectivity index (χ1v) is 10.3. The van der Waals surface area contributed by atoms with Crippen LogP contribution in [0.5, 0.6) is 0 Å². The van der Waals surface area contributed by atoms with Crippen LogP contribution in [0.15, 0.2) is 4.90 Å². The Hall–Kier alpha value is -1.94. The van der Waals surface area contributed by atoms with Crippen LogP contribution in [0, 0.1) is 13.8 Å². The van der Waals surface area contributed by atoms with Crippen molar-refractivity contribution in [3.05, 3.63) is 11.4 Å². The van der Waals surface area contributed by atoms with Crippen LogP contribution in [0.25, 0.3) is 0 Å². The number of carbonyl (C=O) groups is 2. The lowest BCUT2D eigenvalue weighted by atomic mass is 10.2. The van der Waals surface area contributed by atoms with Crippen molar-refractivity contribution in [1.29, 1.82) is 0 Å². The van der Waals surface area contributed by atoms with Crippen molar-refractivity contribution in [3.63, 3.8) is 0 Å². The second kappa shape index (κ2) is 8.63. The molecule has 0 aromatic carbocycles. The number of imide groups is 1. The minimum Gasteiger partial charge on any atom is -0.338 e. The number of piperidine rings is 1. The van der Waals surface area contributed by atoms with Gasteiger partial charge in [0.1, 0.15) is 11.4 Å². The van der Waals surface area contributed by atoms with Crippen LogP contribution in [0.3, 0.4) is 0 Å². The zero-order valence-corrected chi connectivity index (χ0v) is 16.4. The first-order chi connectivity index (χ1) is 12.3. The Morgan fingerprint density at radius 1 is 1.15 bits per heavy atom. The van der Waals surface area contributed by atoms with E-state index in [1.54, 1.807) is 13.8 Å². The van der Waals surface area contributed by atoms with E-state index in [0.717, 1.165) is 25.7 Å². The molecule has 0 saturated carbocycles. The Kier molecular flexibility index (Phi) is 6.76. The molecule has 2 N–H and O–H groups in total. The number of aromatic nitrogens is 2. The molecule has 1 aromatic rings. The van der Waals surface area contributed by atoms with Crippen LogP contribution in [0.1, 0.15) is 44.0 Å². The summed E-state index contributed by atoms with van der Waals surface area (Å²) >= 11 is 0. The van der Waals surface area contributed by atoms with E-state index >= 15 is 0 Å². The van der Waals surface area contributed by atoms with Crippen molar-refractivity contribution >= 4 is 22.0 Å². The molecule has 9 nitrogen and oxygen atoms in total. The zero-order valence-electron chi connectivity index (χ0n) is 15.5. The average Bonchev–Trinajstić information content (AvgIpc) is 2.87. The molecule has 0 aliphatic carbocycles. The summed E-state index contributed by atoms with van der Waals surface area (Å²) < 4.78 is 28.7. The molecule has 3 amide bonds. The van der Waals surface area contributed by atoms with E-state index in [1.165, 1.54) is 8.99 Å². The third-order valence-corrected chi connectivity index (χ3v) is 6.46. The lowest BCUT2D eigenvalue weighted by Crippen LogP contribution is -2.41. The first-order valence-electron chi connectivity index (χ1n) is 8.89. The van der Waals surface area contributed by atoms with Gasteiger partial charge in [0.05, 0.1) is 11.4 Å². The fraction of sp³-hybridized carbons (Fsp3) is 0.688. The number of hydrogen-bond donors (Lipinski definition) is 2. The van der Waals surface area contributed by atoms with E-state index in [9.17, 15) is 18.0 Å². The molecule has 0 spiro atoms. The Labute approximate surface area is 154 Å². The maximum Gasteiger partial charge on any atom is 0.321 e. The quantitative estimate of drug-likeness (QED) is 0.756. The highest BCUT2D eigenvalue weighted by molar-refractivity contribution is 7.89. The topological polar surface area (TPSA) is 113 Å². The molecule has 0 bridgehead atoms. The molecule has 1 aliphatic heterocycles. The third-order valence-electron chi connectivity index (χ3n) is 4.31. The number of amides is 3. The van der Waals surface area contributed by atoms with E-state index in [-0.39, 0.29) is 11.4 Å². The fourth-order valence-electron chi connectivity index (χ4n) is 3.03. The Morgan fingerprint density at radius 2 is 1.81 bits per heavy atom. The van der Waals surface area contributed by atoms with Gasteiger partial charge < -0.3 is 5.32 Å². The highest BCUT2D eigenvalue weighted by atomic mass is 32.2. The second-order valence-corrected chi connectivity index (χ2v) is 8.30. The number of carbonyl (C=O) groups excluding carboxylic acids is 2. The van der Waals surface area contributed by atoms with E-state index in [0.29, 0.717) is 31.0 Å². The number of hydrogen-bond acceptors (Lipinski definition) is 5. The fourth-order valence-corrected chi connectivity index (χ4v) is 4.92. The third kappa shape index (κ3) is 4.61. The van der Waals surface area contributed by atoms with Crippen LogP contribution >= 0.6 is 0 Å².